The molecule has 0 spiro atoms. The van der Waals surface area contributed by atoms with Gasteiger partial charge in [0, 0.05) is 59.2 Å². The third-order valence-electron chi connectivity index (χ3n) is 6.19. The van der Waals surface area contributed by atoms with Gasteiger partial charge in [0.1, 0.15) is 23.7 Å². The van der Waals surface area contributed by atoms with E-state index in [0.29, 0.717) is 28.9 Å². The predicted octanol–water partition coefficient (Wildman–Crippen LogP) is 5.63. The Morgan fingerprint density at radius 1 is 1.03 bits per heavy atom. The van der Waals surface area contributed by atoms with Gasteiger partial charge < -0.3 is 20.0 Å². The Labute approximate surface area is 206 Å². The molecule has 4 rings (SSSR count). The summed E-state index contributed by atoms with van der Waals surface area (Å²) in [5, 5.41) is 3.90. The standard InChI is InChI=1S/C28H26F3N3O2/c1-28(2,16-35)22-9-8-18(27(36)32-14-20-10-17-6-4-5-7-25(17)33-20)11-26(22)34(3)15-21-23(30)12-19(29)13-24(21)31/h4-13,16,33H,14-15H2,1-3H3,(H,32,36). The van der Waals surface area contributed by atoms with Gasteiger partial charge in [0.2, 0.25) is 0 Å². The van der Waals surface area contributed by atoms with E-state index in [1.165, 1.54) is 4.90 Å². The molecule has 8 heteroatoms. The van der Waals surface area contributed by atoms with Gasteiger partial charge >= 0.3 is 0 Å². The first-order valence-electron chi connectivity index (χ1n) is 11.4. The summed E-state index contributed by atoms with van der Waals surface area (Å²) in [5.41, 5.74) is 1.90. The molecule has 0 unspecified atom stereocenters. The fourth-order valence-corrected chi connectivity index (χ4v) is 4.15. The maximum atomic E-state index is 14.3. The number of hydrogen-bond acceptors (Lipinski definition) is 3. The van der Waals surface area contributed by atoms with Gasteiger partial charge in [0.05, 0.1) is 6.54 Å². The largest absolute Gasteiger partial charge is 0.370 e. The molecule has 1 amide bonds. The fourth-order valence-electron chi connectivity index (χ4n) is 4.15. The predicted molar refractivity (Wildman–Crippen MR) is 133 cm³/mol. The third kappa shape index (κ3) is 5.12. The number of aromatic nitrogens is 1. The van der Waals surface area contributed by atoms with Crippen LogP contribution in [-0.2, 0) is 23.3 Å². The van der Waals surface area contributed by atoms with Crippen molar-refractivity contribution in [3.05, 3.63) is 100 Å². The van der Waals surface area contributed by atoms with Gasteiger partial charge in [-0.05, 0) is 49.1 Å². The highest BCUT2D eigenvalue weighted by molar-refractivity contribution is 5.96. The summed E-state index contributed by atoms with van der Waals surface area (Å²) in [7, 11) is 1.59. The molecule has 0 aliphatic heterocycles. The van der Waals surface area contributed by atoms with E-state index in [0.717, 1.165) is 22.9 Å². The highest BCUT2D eigenvalue weighted by atomic mass is 19.1. The Morgan fingerprint density at radius 3 is 2.39 bits per heavy atom. The lowest BCUT2D eigenvalue weighted by Crippen LogP contribution is -2.28. The summed E-state index contributed by atoms with van der Waals surface area (Å²) in [5.74, 6) is -3.38. The van der Waals surface area contributed by atoms with Gasteiger partial charge in [-0.3, -0.25) is 4.79 Å². The third-order valence-corrected chi connectivity index (χ3v) is 6.19. The van der Waals surface area contributed by atoms with Crippen LogP contribution >= 0.6 is 0 Å². The highest BCUT2D eigenvalue weighted by Gasteiger charge is 2.26. The number of fused-ring (bicyclic) bond motifs is 1. The Hall–Kier alpha value is -4.07. The summed E-state index contributed by atoms with van der Waals surface area (Å²) in [4.78, 5) is 29.5. The summed E-state index contributed by atoms with van der Waals surface area (Å²) in [6, 6.07) is 15.8. The average molecular weight is 494 g/mol. The molecule has 0 bridgehead atoms. The molecule has 1 aromatic heterocycles. The molecule has 4 aromatic rings. The number of benzene rings is 3. The number of para-hydroxylation sites is 1. The molecule has 0 aliphatic carbocycles. The maximum Gasteiger partial charge on any atom is 0.251 e. The topological polar surface area (TPSA) is 65.2 Å². The van der Waals surface area contributed by atoms with Gasteiger partial charge in [-0.15, -0.1) is 0 Å². The molecule has 0 aliphatic rings. The molecule has 3 aromatic carbocycles. The smallest absolute Gasteiger partial charge is 0.251 e. The van der Waals surface area contributed by atoms with Crippen molar-refractivity contribution < 1.29 is 22.8 Å². The Morgan fingerprint density at radius 2 is 1.72 bits per heavy atom. The Kier molecular flexibility index (Phi) is 6.88. The van der Waals surface area contributed by atoms with E-state index < -0.39 is 22.9 Å². The second-order valence-electron chi connectivity index (χ2n) is 9.34. The van der Waals surface area contributed by atoms with Crippen LogP contribution in [0, 0.1) is 17.5 Å². The van der Waals surface area contributed by atoms with Gasteiger partial charge in [0.15, 0.2) is 0 Å². The molecule has 0 fully saturated rings. The number of aromatic amines is 1. The maximum absolute atomic E-state index is 14.3. The normalized spacial score (nSPS) is 11.5. The van der Waals surface area contributed by atoms with Gasteiger partial charge in [-0.25, -0.2) is 13.2 Å². The van der Waals surface area contributed by atoms with E-state index in [2.05, 4.69) is 10.3 Å². The van der Waals surface area contributed by atoms with Crippen molar-refractivity contribution in [1.29, 1.82) is 0 Å². The van der Waals surface area contributed by atoms with Crippen LogP contribution in [0.3, 0.4) is 0 Å². The molecule has 36 heavy (non-hydrogen) atoms. The van der Waals surface area contributed by atoms with Gasteiger partial charge in [0.25, 0.3) is 5.91 Å². The minimum atomic E-state index is -1.01. The van der Waals surface area contributed by atoms with Crippen LogP contribution < -0.4 is 10.2 Å². The average Bonchev–Trinajstić information content (AvgIpc) is 3.27. The number of H-pyrrole nitrogens is 1. The van der Waals surface area contributed by atoms with Crippen molar-refractivity contribution in [1.82, 2.24) is 10.3 Å². The van der Waals surface area contributed by atoms with Crippen molar-refractivity contribution in [3.63, 3.8) is 0 Å². The van der Waals surface area contributed by atoms with Crippen molar-refractivity contribution in [2.24, 2.45) is 0 Å². The first-order chi connectivity index (χ1) is 17.1. The first kappa shape index (κ1) is 25.0. The molecular weight excluding hydrogens is 467 g/mol. The number of aldehydes is 1. The number of nitrogens with one attached hydrogen (secondary N) is 2. The Bertz CT molecular complexity index is 1390. The molecule has 0 radical (unpaired) electrons. The number of nitrogens with zero attached hydrogens (tertiary/aromatic N) is 1. The number of hydrogen-bond donors (Lipinski definition) is 2. The van der Waals surface area contributed by atoms with E-state index >= 15 is 0 Å². The Balaban J connectivity index is 1.61. The highest BCUT2D eigenvalue weighted by Crippen LogP contribution is 2.33. The zero-order chi connectivity index (χ0) is 26.0. The molecule has 1 heterocycles. The molecular formula is C28H26F3N3O2. The SMILES string of the molecule is CN(Cc1c(F)cc(F)cc1F)c1cc(C(=O)NCc2cc3ccccc3[nH]2)ccc1C(C)(C)C=O. The van der Waals surface area contributed by atoms with Crippen LogP contribution in [-0.4, -0.2) is 24.2 Å². The first-order valence-corrected chi connectivity index (χ1v) is 11.4. The van der Waals surface area contributed by atoms with Crippen molar-refractivity contribution in [2.75, 3.05) is 11.9 Å². The second kappa shape index (κ2) is 9.89. The number of rotatable bonds is 8. The lowest BCUT2D eigenvalue weighted by atomic mass is 9.84. The van der Waals surface area contributed by atoms with E-state index in [4.69, 9.17) is 0 Å². The molecule has 186 valence electrons. The zero-order valence-corrected chi connectivity index (χ0v) is 20.2. The molecule has 0 saturated carbocycles. The second-order valence-corrected chi connectivity index (χ2v) is 9.34. The van der Waals surface area contributed by atoms with E-state index in [1.54, 1.807) is 39.1 Å². The van der Waals surface area contributed by atoms with Crippen LogP contribution in [0.2, 0.25) is 0 Å². The van der Waals surface area contributed by atoms with E-state index in [1.807, 2.05) is 30.3 Å². The van der Waals surface area contributed by atoms with Gasteiger partial charge in [-0.1, -0.05) is 24.3 Å². The molecule has 0 atom stereocenters. The molecule has 0 saturated heterocycles. The monoisotopic (exact) mass is 493 g/mol. The summed E-state index contributed by atoms with van der Waals surface area (Å²) >= 11 is 0. The quantitative estimate of drug-likeness (QED) is 0.313. The number of amides is 1. The van der Waals surface area contributed by atoms with Crippen LogP contribution in [0.5, 0.6) is 0 Å². The van der Waals surface area contributed by atoms with Crippen molar-refractivity contribution >= 4 is 28.8 Å². The van der Waals surface area contributed by atoms with E-state index in [9.17, 15) is 22.8 Å². The van der Waals surface area contributed by atoms with Crippen molar-refractivity contribution in [2.45, 2.75) is 32.4 Å². The zero-order valence-electron chi connectivity index (χ0n) is 20.2. The molecule has 2 N–H and O–H groups in total. The minimum Gasteiger partial charge on any atom is -0.370 e. The number of anilines is 1. The van der Waals surface area contributed by atoms with E-state index in [-0.39, 0.29) is 24.6 Å². The van der Waals surface area contributed by atoms with Crippen LogP contribution in [0.4, 0.5) is 18.9 Å². The van der Waals surface area contributed by atoms with Crippen LogP contribution in [0.1, 0.15) is 41.0 Å². The van der Waals surface area contributed by atoms with Crippen molar-refractivity contribution in [3.8, 4) is 0 Å². The summed E-state index contributed by atoms with van der Waals surface area (Å²) < 4.78 is 42.0. The number of carbonyl (C=O) groups excluding carboxylic acids is 2. The molecule has 5 nitrogen and oxygen atoms in total. The lowest BCUT2D eigenvalue weighted by Gasteiger charge is -2.29. The summed E-state index contributed by atoms with van der Waals surface area (Å²) in [6.45, 7) is 3.45. The summed E-state index contributed by atoms with van der Waals surface area (Å²) in [6.07, 6.45) is 0.772. The van der Waals surface area contributed by atoms with Crippen LogP contribution in [0.15, 0.2) is 60.7 Å². The minimum absolute atomic E-state index is 0.236. The fraction of sp³-hybridized carbons (Fsp3) is 0.214. The van der Waals surface area contributed by atoms with Gasteiger partial charge in [-0.2, -0.15) is 0 Å². The number of halogens is 3. The number of carbonyl (C=O) groups is 2. The van der Waals surface area contributed by atoms with Crippen LogP contribution in [0.25, 0.3) is 10.9 Å². The lowest BCUT2D eigenvalue weighted by molar-refractivity contribution is -0.111.